The van der Waals surface area contributed by atoms with Crippen molar-refractivity contribution in [1.29, 1.82) is 0 Å². The van der Waals surface area contributed by atoms with E-state index >= 15 is 0 Å². The molecular formula is C18H27N3O2. The van der Waals surface area contributed by atoms with Crippen molar-refractivity contribution in [3.05, 3.63) is 29.8 Å². The number of carbonyl (C=O) groups excluding carboxylic acids is 2. The van der Waals surface area contributed by atoms with Gasteiger partial charge in [-0.3, -0.25) is 4.79 Å². The molecule has 126 valence electrons. The Morgan fingerprint density at radius 1 is 1.30 bits per heavy atom. The number of para-hydroxylation sites is 1. The maximum atomic E-state index is 12.7. The fourth-order valence-corrected chi connectivity index (χ4v) is 3.01. The summed E-state index contributed by atoms with van der Waals surface area (Å²) in [7, 11) is 0. The second kappa shape index (κ2) is 6.60. The first-order chi connectivity index (χ1) is 10.7. The van der Waals surface area contributed by atoms with Crippen molar-refractivity contribution in [2.24, 2.45) is 5.92 Å². The Balaban J connectivity index is 2.23. The van der Waals surface area contributed by atoms with Crippen LogP contribution in [-0.4, -0.2) is 36.0 Å². The highest BCUT2D eigenvalue weighted by Crippen LogP contribution is 2.29. The Morgan fingerprint density at radius 3 is 2.57 bits per heavy atom. The van der Waals surface area contributed by atoms with Gasteiger partial charge in [0.15, 0.2) is 0 Å². The molecule has 5 nitrogen and oxygen atoms in total. The summed E-state index contributed by atoms with van der Waals surface area (Å²) in [5, 5.41) is 5.84. The van der Waals surface area contributed by atoms with Crippen LogP contribution in [0.3, 0.4) is 0 Å². The number of anilines is 1. The largest absolute Gasteiger partial charge is 0.353 e. The smallest absolute Gasteiger partial charge is 0.322 e. The number of benzene rings is 1. The van der Waals surface area contributed by atoms with Gasteiger partial charge in [-0.15, -0.1) is 0 Å². The van der Waals surface area contributed by atoms with Crippen molar-refractivity contribution in [1.82, 2.24) is 10.2 Å². The molecule has 0 unspecified atom stereocenters. The Morgan fingerprint density at radius 2 is 1.96 bits per heavy atom. The monoisotopic (exact) mass is 317 g/mol. The van der Waals surface area contributed by atoms with Crippen LogP contribution in [0.15, 0.2) is 24.3 Å². The molecule has 2 rings (SSSR count). The summed E-state index contributed by atoms with van der Waals surface area (Å²) in [6.45, 7) is 11.3. The van der Waals surface area contributed by atoms with Gasteiger partial charge in [0, 0.05) is 18.8 Å². The molecule has 1 fully saturated rings. The zero-order valence-corrected chi connectivity index (χ0v) is 14.6. The van der Waals surface area contributed by atoms with E-state index in [-0.39, 0.29) is 23.3 Å². The van der Waals surface area contributed by atoms with Gasteiger partial charge in [0.05, 0.1) is 0 Å². The summed E-state index contributed by atoms with van der Waals surface area (Å²) in [6.07, 6.45) is 0. The van der Waals surface area contributed by atoms with Crippen molar-refractivity contribution >= 4 is 17.6 Å². The average Bonchev–Trinajstić information content (AvgIpc) is 2.46. The lowest BCUT2D eigenvalue weighted by molar-refractivity contribution is -0.129. The molecule has 5 heteroatoms. The lowest BCUT2D eigenvalue weighted by atomic mass is 9.86. The van der Waals surface area contributed by atoms with Crippen molar-refractivity contribution in [3.8, 4) is 0 Å². The summed E-state index contributed by atoms with van der Waals surface area (Å²) in [5.74, 6) is -0.00980. The first kappa shape index (κ1) is 17.3. The van der Waals surface area contributed by atoms with Gasteiger partial charge in [-0.2, -0.15) is 0 Å². The Kier molecular flexibility index (Phi) is 4.97. The lowest BCUT2D eigenvalue weighted by Gasteiger charge is -2.37. The molecule has 1 aliphatic heterocycles. The summed E-state index contributed by atoms with van der Waals surface area (Å²) in [6, 6.07) is 7.18. The van der Waals surface area contributed by atoms with E-state index in [1.54, 1.807) is 4.90 Å². The van der Waals surface area contributed by atoms with E-state index in [0.717, 1.165) is 11.3 Å². The first-order valence-electron chi connectivity index (χ1n) is 8.16. The summed E-state index contributed by atoms with van der Waals surface area (Å²) in [4.78, 5) is 26.5. The van der Waals surface area contributed by atoms with Gasteiger partial charge < -0.3 is 15.5 Å². The van der Waals surface area contributed by atoms with Crippen molar-refractivity contribution in [2.45, 2.75) is 46.1 Å². The summed E-state index contributed by atoms with van der Waals surface area (Å²) >= 11 is 0. The van der Waals surface area contributed by atoms with Crippen molar-refractivity contribution < 1.29 is 9.59 Å². The molecule has 1 atom stereocenters. The standard InChI is InChI=1S/C18H27N3O2/c1-12(2)15-16(22)19-10-11-21(15)17(23)20-14-9-7-6-8-13(14)18(3,4)5/h6-9,12,15H,10-11H2,1-5H3,(H,19,22)(H,20,23)/t15-/m1/s1. The van der Waals surface area contributed by atoms with Crippen LogP contribution in [0.5, 0.6) is 0 Å². The van der Waals surface area contributed by atoms with Crippen LogP contribution in [0, 0.1) is 5.92 Å². The van der Waals surface area contributed by atoms with E-state index < -0.39 is 6.04 Å². The molecule has 0 spiro atoms. The van der Waals surface area contributed by atoms with Crippen LogP contribution in [0.25, 0.3) is 0 Å². The van der Waals surface area contributed by atoms with Crippen LogP contribution >= 0.6 is 0 Å². The number of hydrogen-bond acceptors (Lipinski definition) is 2. The van der Waals surface area contributed by atoms with Crippen LogP contribution in [0.1, 0.15) is 40.2 Å². The molecule has 0 aliphatic carbocycles. The van der Waals surface area contributed by atoms with Crippen molar-refractivity contribution in [3.63, 3.8) is 0 Å². The SMILES string of the molecule is CC(C)[C@@H]1C(=O)NCCN1C(=O)Nc1ccccc1C(C)(C)C. The van der Waals surface area contributed by atoms with E-state index in [4.69, 9.17) is 0 Å². The molecule has 1 aliphatic rings. The maximum Gasteiger partial charge on any atom is 0.322 e. The van der Waals surface area contributed by atoms with E-state index in [1.165, 1.54) is 0 Å². The van der Waals surface area contributed by atoms with Gasteiger partial charge >= 0.3 is 6.03 Å². The number of carbonyl (C=O) groups is 2. The van der Waals surface area contributed by atoms with Gasteiger partial charge in [0.2, 0.25) is 5.91 Å². The molecule has 0 bridgehead atoms. The molecule has 3 amide bonds. The molecule has 1 heterocycles. The lowest BCUT2D eigenvalue weighted by Crippen LogP contribution is -2.60. The van der Waals surface area contributed by atoms with E-state index in [2.05, 4.69) is 31.4 Å². The van der Waals surface area contributed by atoms with Crippen LogP contribution in [0.4, 0.5) is 10.5 Å². The topological polar surface area (TPSA) is 61.4 Å². The van der Waals surface area contributed by atoms with E-state index in [9.17, 15) is 9.59 Å². The van der Waals surface area contributed by atoms with Gasteiger partial charge in [-0.05, 0) is 23.0 Å². The molecule has 1 saturated heterocycles. The third-order valence-electron chi connectivity index (χ3n) is 4.13. The van der Waals surface area contributed by atoms with E-state index in [0.29, 0.717) is 13.1 Å². The zero-order valence-electron chi connectivity index (χ0n) is 14.6. The van der Waals surface area contributed by atoms with Crippen LogP contribution in [0.2, 0.25) is 0 Å². The summed E-state index contributed by atoms with van der Waals surface area (Å²) in [5.41, 5.74) is 1.81. The number of piperazine rings is 1. The predicted molar refractivity (Wildman–Crippen MR) is 92.5 cm³/mol. The number of nitrogens with zero attached hydrogens (tertiary/aromatic N) is 1. The third-order valence-corrected chi connectivity index (χ3v) is 4.13. The fourth-order valence-electron chi connectivity index (χ4n) is 3.01. The van der Waals surface area contributed by atoms with Gasteiger partial charge in [-0.1, -0.05) is 52.8 Å². The Bertz CT molecular complexity index is 590. The molecular weight excluding hydrogens is 290 g/mol. The third kappa shape index (κ3) is 3.84. The average molecular weight is 317 g/mol. The van der Waals surface area contributed by atoms with E-state index in [1.807, 2.05) is 38.1 Å². The van der Waals surface area contributed by atoms with Crippen LogP contribution < -0.4 is 10.6 Å². The summed E-state index contributed by atoms with van der Waals surface area (Å²) < 4.78 is 0. The second-order valence-electron chi connectivity index (χ2n) is 7.40. The Labute approximate surface area is 138 Å². The number of urea groups is 1. The Hall–Kier alpha value is -2.04. The fraction of sp³-hybridized carbons (Fsp3) is 0.556. The molecule has 0 aromatic heterocycles. The quantitative estimate of drug-likeness (QED) is 0.881. The van der Waals surface area contributed by atoms with Gasteiger partial charge in [0.25, 0.3) is 0 Å². The second-order valence-corrected chi connectivity index (χ2v) is 7.40. The number of rotatable bonds is 2. The highest BCUT2D eigenvalue weighted by Gasteiger charge is 2.35. The molecule has 23 heavy (non-hydrogen) atoms. The minimum Gasteiger partial charge on any atom is -0.353 e. The molecule has 2 N–H and O–H groups in total. The highest BCUT2D eigenvalue weighted by molar-refractivity contribution is 5.95. The first-order valence-corrected chi connectivity index (χ1v) is 8.16. The maximum absolute atomic E-state index is 12.7. The normalized spacial score (nSPS) is 18.8. The predicted octanol–water partition coefficient (Wildman–Crippen LogP) is 2.97. The molecule has 0 radical (unpaired) electrons. The van der Waals surface area contributed by atoms with Crippen LogP contribution in [-0.2, 0) is 10.2 Å². The zero-order chi connectivity index (χ0) is 17.2. The van der Waals surface area contributed by atoms with Gasteiger partial charge in [0.1, 0.15) is 6.04 Å². The minimum absolute atomic E-state index is 0.0684. The van der Waals surface area contributed by atoms with Crippen molar-refractivity contribution in [2.75, 3.05) is 18.4 Å². The minimum atomic E-state index is -0.425. The molecule has 1 aromatic carbocycles. The highest BCUT2D eigenvalue weighted by atomic mass is 16.2. The number of amides is 3. The molecule has 1 aromatic rings. The molecule has 0 saturated carbocycles. The number of nitrogens with one attached hydrogen (secondary N) is 2. The van der Waals surface area contributed by atoms with Gasteiger partial charge in [-0.25, -0.2) is 4.79 Å². The number of hydrogen-bond donors (Lipinski definition) is 2.